The topological polar surface area (TPSA) is 407 Å². The summed E-state index contributed by atoms with van der Waals surface area (Å²) in [6, 6.07) is 1.70. The van der Waals surface area contributed by atoms with E-state index in [0.29, 0.717) is 97.2 Å². The molecule has 8 bridgehead atoms. The van der Waals surface area contributed by atoms with Crippen LogP contribution in [-0.4, -0.2) is 160 Å². The lowest BCUT2D eigenvalue weighted by atomic mass is 9.74. The fraction of sp³-hybridized carbons (Fsp3) is 0.600. The van der Waals surface area contributed by atoms with Crippen molar-refractivity contribution in [3.8, 4) is 0 Å². The van der Waals surface area contributed by atoms with E-state index in [-0.39, 0.29) is 63.7 Å². The number of phosphoric ester groups is 1. The van der Waals surface area contributed by atoms with Gasteiger partial charge in [0.2, 0.25) is 37.5 Å². The van der Waals surface area contributed by atoms with Gasteiger partial charge in [0.1, 0.15) is 18.3 Å². The number of aromatic nitrogens is 2. The number of hydrogen-bond acceptors (Lipinski definition) is 19. The van der Waals surface area contributed by atoms with Crippen molar-refractivity contribution in [3.05, 3.63) is 63.9 Å². The molecule has 7 heterocycles. The van der Waals surface area contributed by atoms with Crippen LogP contribution in [0.25, 0.3) is 11.0 Å². The minimum atomic E-state index is -4.97. The quantitative estimate of drug-likeness (QED) is 0.0214. The molecule has 28 heteroatoms. The van der Waals surface area contributed by atoms with Crippen molar-refractivity contribution in [2.24, 2.45) is 67.9 Å². The molecular formula is C55H78N13O14P. The third-order valence-electron chi connectivity index (χ3n) is 17.4. The summed E-state index contributed by atoms with van der Waals surface area (Å²) in [6.45, 7) is 7.31. The van der Waals surface area contributed by atoms with Gasteiger partial charge >= 0.3 is 7.82 Å². The number of phosphoric acid groups is 1. The SMILES string of the molecule is CC1=C2N/C(=C\C3=NC(=C(/C)C4=NC(C5N=C1[C@H](CCC(CCOP(=O)(O)O[C@H]1[C@H](O)C(n6cnc7cc(C)c(C)cc76)O[C@@H]1CO)NO)[C@H]5CNC=O)[C@@H](CNC=O)[C@@H]4CCNC=O)/[C@@H](CNC=O)[C@@H]3CCC(N)=O)C[C@@H]2CCC(N)=O. The maximum absolute atomic E-state index is 13.6. The summed E-state index contributed by atoms with van der Waals surface area (Å²) in [7, 11) is -4.97. The lowest BCUT2D eigenvalue weighted by molar-refractivity contribution is -0.119. The van der Waals surface area contributed by atoms with Gasteiger partial charge in [-0.25, -0.2) is 15.0 Å². The van der Waals surface area contributed by atoms with E-state index in [0.717, 1.165) is 28.1 Å². The van der Waals surface area contributed by atoms with E-state index >= 15 is 0 Å². The highest BCUT2D eigenvalue weighted by Crippen LogP contribution is 2.50. The van der Waals surface area contributed by atoms with Crippen LogP contribution in [0.2, 0.25) is 0 Å². The molecule has 1 aromatic carbocycles. The van der Waals surface area contributed by atoms with Crippen molar-refractivity contribution in [1.29, 1.82) is 0 Å². The normalized spacial score (nSPS) is 30.9. The Morgan fingerprint density at radius 2 is 1.47 bits per heavy atom. The Labute approximate surface area is 480 Å². The van der Waals surface area contributed by atoms with Gasteiger partial charge in [0, 0.05) is 115 Å². The maximum atomic E-state index is 13.6. The second-order valence-electron chi connectivity index (χ2n) is 22.4. The first kappa shape index (κ1) is 62.5. The molecular weight excluding hydrogens is 1100 g/mol. The van der Waals surface area contributed by atoms with Gasteiger partial charge in [0.15, 0.2) is 6.23 Å². The largest absolute Gasteiger partial charge is 0.472 e. The number of aliphatic hydroxyl groups excluding tert-OH is 2. The molecule has 2 fully saturated rings. The second-order valence-corrected chi connectivity index (χ2v) is 23.8. The van der Waals surface area contributed by atoms with Crippen LogP contribution in [0.4, 0.5) is 0 Å². The number of nitrogens with two attached hydrogens (primary N) is 2. The first-order valence-electron chi connectivity index (χ1n) is 28.2. The van der Waals surface area contributed by atoms with Gasteiger partial charge in [-0.2, -0.15) is 0 Å². The number of imidazole rings is 1. The van der Waals surface area contributed by atoms with Crippen LogP contribution >= 0.6 is 7.82 Å². The molecule has 0 saturated carbocycles. The Morgan fingerprint density at radius 3 is 2.11 bits per heavy atom. The molecule has 452 valence electrons. The highest BCUT2D eigenvalue weighted by Gasteiger charge is 2.52. The number of nitrogens with zero attached hydrogens (tertiary/aromatic N) is 5. The van der Waals surface area contributed by atoms with Crippen LogP contribution in [-0.2, 0) is 47.1 Å². The minimum Gasteiger partial charge on any atom is -0.394 e. The molecule has 2 saturated heterocycles. The number of carbonyl (C=O) groups excluding carboxylic acids is 6. The second kappa shape index (κ2) is 27.9. The number of allylic oxidation sites excluding steroid dienone is 5. The number of aliphatic hydroxyl groups is 2. The molecule has 0 aliphatic carbocycles. The van der Waals surface area contributed by atoms with Crippen LogP contribution in [0, 0.1) is 55.3 Å². The first-order valence-corrected chi connectivity index (χ1v) is 29.7. The number of amides is 6. The van der Waals surface area contributed by atoms with E-state index in [9.17, 15) is 53.6 Å². The number of benzene rings is 1. The summed E-state index contributed by atoms with van der Waals surface area (Å²) in [5, 5.41) is 47.4. The Morgan fingerprint density at radius 1 is 0.843 bits per heavy atom. The van der Waals surface area contributed by atoms with Crippen LogP contribution in [0.3, 0.4) is 0 Å². The number of aryl methyl sites for hydroxylation is 2. The zero-order chi connectivity index (χ0) is 59.7. The van der Waals surface area contributed by atoms with Gasteiger partial charge in [-0.05, 0) is 113 Å². The highest BCUT2D eigenvalue weighted by molar-refractivity contribution is 7.47. The minimum absolute atomic E-state index is 0.0291. The van der Waals surface area contributed by atoms with Gasteiger partial charge in [0.05, 0.1) is 48.4 Å². The Kier molecular flexibility index (Phi) is 21.0. The van der Waals surface area contributed by atoms with Gasteiger partial charge in [-0.15, -0.1) is 0 Å². The molecule has 6 aliphatic rings. The smallest absolute Gasteiger partial charge is 0.394 e. The van der Waals surface area contributed by atoms with Gasteiger partial charge < -0.3 is 67.7 Å². The number of carbonyl (C=O) groups is 6. The molecule has 1 aromatic heterocycles. The van der Waals surface area contributed by atoms with E-state index in [2.05, 4.69) is 37.0 Å². The van der Waals surface area contributed by atoms with Crippen molar-refractivity contribution in [2.75, 3.05) is 39.4 Å². The monoisotopic (exact) mass is 1180 g/mol. The number of primary amides is 2. The number of rotatable bonds is 31. The van der Waals surface area contributed by atoms with Crippen molar-refractivity contribution < 1.29 is 67.4 Å². The third kappa shape index (κ3) is 14.0. The van der Waals surface area contributed by atoms with Crippen molar-refractivity contribution in [3.63, 3.8) is 0 Å². The standard InChI is InChI=1S/C55H78N13O14P/c1-28-15-42-43(16-29(28)2)68(23-62-42)55-53(76)54(44(22-69)81-55)82-83(78,79)80-14-12-33(67-77)6-7-36-39(20-60-26-72)51-52-40(21-61-27-73)37(11-13-58-24-70)49(66-52)31(4)50-38(19-59-25-71)35(8-10-46(57)75)41(64-50)18-34-17-32(5-9-45(56)74)47(63-34)30(3)48(36)65-51/h15-16,18,23-27,32-33,35-40,44,51-55,63,67,69,76-77H,5-14,17,19-22H2,1-4H3,(H2,56,74)(H2,57,75)(H,58,70)(H,59,71)(H,60,72)(H,61,73)(H,78,79)/b34-18-,47-30?,50-31-/t32-,33?,35-,36+,37-,38-,39+,40-,44+,51?,52?,53-,54+,55?/m0/s1. The molecule has 6 amide bonds. The molecule has 14 N–H and O–H groups in total. The maximum Gasteiger partial charge on any atom is 0.472 e. The van der Waals surface area contributed by atoms with E-state index in [1.807, 2.05) is 45.9 Å². The van der Waals surface area contributed by atoms with Crippen LogP contribution in [0.5, 0.6) is 0 Å². The molecule has 0 radical (unpaired) electrons. The summed E-state index contributed by atoms with van der Waals surface area (Å²) in [5.41, 5.74) is 22.6. The number of fused-ring (bicyclic) bond motifs is 7. The first-order chi connectivity index (χ1) is 39.9. The number of ether oxygens (including phenoxy) is 1. The van der Waals surface area contributed by atoms with E-state index < -0.39 is 105 Å². The van der Waals surface area contributed by atoms with Gasteiger partial charge in [-0.1, -0.05) is 0 Å². The molecule has 0 spiro atoms. The average molecular weight is 1180 g/mol. The zero-order valence-corrected chi connectivity index (χ0v) is 47.9. The Bertz CT molecular complexity index is 3000. The van der Waals surface area contributed by atoms with Crippen molar-refractivity contribution in [2.45, 2.75) is 128 Å². The average Bonchev–Trinajstić information content (AvgIpc) is 2.41. The third-order valence-corrected chi connectivity index (χ3v) is 18.4. The summed E-state index contributed by atoms with van der Waals surface area (Å²) in [5.74, 6) is -3.83. The number of hydrogen-bond donors (Lipinski definition) is 12. The summed E-state index contributed by atoms with van der Waals surface area (Å²) >= 11 is 0. The van der Waals surface area contributed by atoms with E-state index in [4.69, 9.17) is 40.2 Å². The predicted molar refractivity (Wildman–Crippen MR) is 303 cm³/mol. The van der Waals surface area contributed by atoms with Crippen LogP contribution in [0.15, 0.2) is 67.8 Å². The number of nitrogens with one attached hydrogen (secondary N) is 6. The fourth-order valence-corrected chi connectivity index (χ4v) is 14.2. The van der Waals surface area contributed by atoms with Gasteiger partial charge in [-0.3, -0.25) is 52.8 Å². The van der Waals surface area contributed by atoms with Crippen molar-refractivity contribution in [1.82, 2.24) is 41.6 Å². The van der Waals surface area contributed by atoms with Crippen LogP contribution in [0.1, 0.15) is 89.0 Å². The number of hydroxylamine groups is 1. The highest BCUT2D eigenvalue weighted by atomic mass is 31.2. The lowest BCUT2D eigenvalue weighted by Gasteiger charge is -2.32. The van der Waals surface area contributed by atoms with E-state index in [1.165, 1.54) is 6.33 Å². The summed E-state index contributed by atoms with van der Waals surface area (Å²) in [4.78, 5) is 105. The predicted octanol–water partition coefficient (Wildman–Crippen LogP) is 0.682. The molecule has 27 nitrogen and oxygen atoms in total. The molecule has 5 unspecified atom stereocenters. The van der Waals surface area contributed by atoms with Gasteiger partial charge in [0.25, 0.3) is 0 Å². The molecule has 83 heavy (non-hydrogen) atoms. The van der Waals surface area contributed by atoms with Crippen LogP contribution < -0.4 is 43.5 Å². The van der Waals surface area contributed by atoms with E-state index in [1.54, 1.807) is 4.57 Å². The Balaban J connectivity index is 1.12. The lowest BCUT2D eigenvalue weighted by Crippen LogP contribution is -2.44. The number of aliphatic imine (C=N–C) groups is 3. The fourth-order valence-electron chi connectivity index (χ4n) is 13.2. The molecule has 15 atom stereocenters. The summed E-state index contributed by atoms with van der Waals surface area (Å²) in [6.07, 6.45) is 2.58. The van der Waals surface area contributed by atoms with Crippen molar-refractivity contribution >= 4 is 73.4 Å². The summed E-state index contributed by atoms with van der Waals surface area (Å²) < 4.78 is 32.1. The molecule has 8 rings (SSSR count). The molecule has 6 aliphatic heterocycles. The molecule has 2 aromatic rings. The zero-order valence-electron chi connectivity index (χ0n) is 47.0. The Hall–Kier alpha value is -6.55.